The predicted octanol–water partition coefficient (Wildman–Crippen LogP) is 0.00964. The molecule has 1 saturated heterocycles. The number of carbonyl (C=O) groups excluding carboxylic acids is 1. The van der Waals surface area contributed by atoms with Gasteiger partial charge < -0.3 is 20.2 Å². The lowest BCUT2D eigenvalue weighted by atomic mass is 10.2. The number of rotatable bonds is 3. The van der Waals surface area contributed by atoms with Gasteiger partial charge in [-0.15, -0.1) is 0 Å². The Hall–Kier alpha value is -2.38. The second-order valence-corrected chi connectivity index (χ2v) is 4.93. The minimum atomic E-state index is -1.05. The van der Waals surface area contributed by atoms with Crippen LogP contribution < -0.4 is 10.2 Å². The van der Waals surface area contributed by atoms with E-state index < -0.39 is 5.97 Å². The van der Waals surface area contributed by atoms with Crippen LogP contribution in [-0.4, -0.2) is 64.7 Å². The minimum Gasteiger partial charge on any atom is -0.480 e. The van der Waals surface area contributed by atoms with E-state index in [4.69, 9.17) is 5.11 Å². The number of anilines is 1. The summed E-state index contributed by atoms with van der Waals surface area (Å²) >= 11 is 0. The molecule has 0 radical (unpaired) electrons. The summed E-state index contributed by atoms with van der Waals surface area (Å²) in [6.45, 7) is 5.97. The van der Waals surface area contributed by atoms with E-state index in [9.17, 15) is 9.59 Å². The molecule has 1 aromatic heterocycles. The first kappa shape index (κ1) is 15.0. The molecule has 0 bridgehead atoms. The van der Waals surface area contributed by atoms with Crippen molar-refractivity contribution >= 4 is 17.8 Å². The molecule has 0 unspecified atom stereocenters. The fourth-order valence-corrected chi connectivity index (χ4v) is 2.23. The molecule has 1 fully saturated rings. The SMILES string of the molecule is Cc1ncnc(N2CCN(C(=O)NCC(=O)O)CC2)c1C. The summed E-state index contributed by atoms with van der Waals surface area (Å²) in [5.41, 5.74) is 1.99. The maximum atomic E-state index is 11.8. The van der Waals surface area contributed by atoms with Gasteiger partial charge in [0.15, 0.2) is 0 Å². The van der Waals surface area contributed by atoms with E-state index in [1.54, 1.807) is 11.2 Å². The number of hydrogen-bond acceptors (Lipinski definition) is 5. The lowest BCUT2D eigenvalue weighted by molar-refractivity contribution is -0.135. The Balaban J connectivity index is 1.92. The third-order valence-corrected chi connectivity index (χ3v) is 3.57. The van der Waals surface area contributed by atoms with E-state index >= 15 is 0 Å². The molecule has 1 aliphatic rings. The van der Waals surface area contributed by atoms with Crippen LogP contribution in [0.4, 0.5) is 10.6 Å². The number of nitrogens with zero attached hydrogens (tertiary/aromatic N) is 4. The quantitative estimate of drug-likeness (QED) is 0.814. The van der Waals surface area contributed by atoms with Crippen molar-refractivity contribution in [2.75, 3.05) is 37.6 Å². The molecule has 0 aliphatic carbocycles. The highest BCUT2D eigenvalue weighted by molar-refractivity contribution is 5.80. The normalized spacial score (nSPS) is 15.0. The fourth-order valence-electron chi connectivity index (χ4n) is 2.23. The van der Waals surface area contributed by atoms with Crippen LogP contribution in [0.15, 0.2) is 6.33 Å². The second-order valence-electron chi connectivity index (χ2n) is 4.93. The van der Waals surface area contributed by atoms with E-state index in [0.717, 1.165) is 17.1 Å². The Morgan fingerprint density at radius 3 is 2.52 bits per heavy atom. The molecule has 0 spiro atoms. The lowest BCUT2D eigenvalue weighted by Crippen LogP contribution is -2.52. The van der Waals surface area contributed by atoms with Gasteiger partial charge in [0.1, 0.15) is 18.7 Å². The topological polar surface area (TPSA) is 98.7 Å². The van der Waals surface area contributed by atoms with Crippen molar-refractivity contribution in [1.29, 1.82) is 0 Å². The maximum Gasteiger partial charge on any atom is 0.323 e. The van der Waals surface area contributed by atoms with Gasteiger partial charge in [-0.2, -0.15) is 0 Å². The third kappa shape index (κ3) is 3.59. The number of hydrogen-bond donors (Lipinski definition) is 2. The van der Waals surface area contributed by atoms with Gasteiger partial charge in [-0.1, -0.05) is 0 Å². The molecule has 2 heterocycles. The number of carbonyl (C=O) groups is 2. The van der Waals surface area contributed by atoms with Gasteiger partial charge in [0.2, 0.25) is 0 Å². The second kappa shape index (κ2) is 6.38. The minimum absolute atomic E-state index is 0.340. The smallest absolute Gasteiger partial charge is 0.323 e. The molecule has 114 valence electrons. The van der Waals surface area contributed by atoms with Gasteiger partial charge in [0.25, 0.3) is 0 Å². The molecule has 2 amide bonds. The first-order chi connectivity index (χ1) is 9.99. The number of urea groups is 1. The number of piperazine rings is 1. The number of carboxylic acid groups (broad SMARTS) is 1. The van der Waals surface area contributed by atoms with E-state index in [1.807, 2.05) is 13.8 Å². The highest BCUT2D eigenvalue weighted by Crippen LogP contribution is 2.19. The van der Waals surface area contributed by atoms with E-state index in [-0.39, 0.29) is 12.6 Å². The fraction of sp³-hybridized carbons (Fsp3) is 0.538. The Bertz CT molecular complexity index is 541. The van der Waals surface area contributed by atoms with Crippen LogP contribution in [0.3, 0.4) is 0 Å². The maximum absolute atomic E-state index is 11.8. The summed E-state index contributed by atoms with van der Waals surface area (Å²) in [4.78, 5) is 34.4. The first-order valence-corrected chi connectivity index (χ1v) is 6.76. The number of nitrogens with one attached hydrogen (secondary N) is 1. The van der Waals surface area contributed by atoms with Crippen LogP contribution in [0, 0.1) is 13.8 Å². The number of amides is 2. The number of aliphatic carboxylic acids is 1. The van der Waals surface area contributed by atoms with E-state index in [1.165, 1.54) is 0 Å². The van der Waals surface area contributed by atoms with Gasteiger partial charge in [-0.25, -0.2) is 14.8 Å². The molecule has 0 atom stereocenters. The van der Waals surface area contributed by atoms with Crippen molar-refractivity contribution in [3.05, 3.63) is 17.6 Å². The van der Waals surface area contributed by atoms with Gasteiger partial charge >= 0.3 is 12.0 Å². The van der Waals surface area contributed by atoms with Crippen molar-refractivity contribution in [3.8, 4) is 0 Å². The van der Waals surface area contributed by atoms with Crippen molar-refractivity contribution in [3.63, 3.8) is 0 Å². The zero-order valence-corrected chi connectivity index (χ0v) is 12.2. The van der Waals surface area contributed by atoms with Crippen molar-refractivity contribution in [2.45, 2.75) is 13.8 Å². The van der Waals surface area contributed by atoms with Crippen LogP contribution in [0.5, 0.6) is 0 Å². The summed E-state index contributed by atoms with van der Waals surface area (Å²) in [6, 6.07) is -0.340. The molecule has 2 rings (SSSR count). The zero-order chi connectivity index (χ0) is 15.4. The molecular weight excluding hydrogens is 274 g/mol. The predicted molar refractivity (Wildman–Crippen MR) is 76.3 cm³/mol. The summed E-state index contributed by atoms with van der Waals surface area (Å²) in [6.07, 6.45) is 1.55. The Morgan fingerprint density at radius 2 is 1.90 bits per heavy atom. The van der Waals surface area contributed by atoms with Gasteiger partial charge in [-0.05, 0) is 13.8 Å². The summed E-state index contributed by atoms with van der Waals surface area (Å²) in [5, 5.41) is 10.9. The van der Waals surface area contributed by atoms with Crippen LogP contribution in [0.1, 0.15) is 11.3 Å². The van der Waals surface area contributed by atoms with E-state index in [0.29, 0.717) is 26.2 Å². The molecule has 1 aromatic rings. The molecule has 21 heavy (non-hydrogen) atoms. The zero-order valence-electron chi connectivity index (χ0n) is 12.2. The summed E-state index contributed by atoms with van der Waals surface area (Å²) in [7, 11) is 0. The lowest BCUT2D eigenvalue weighted by Gasteiger charge is -2.35. The Labute approximate surface area is 122 Å². The molecule has 8 heteroatoms. The highest BCUT2D eigenvalue weighted by atomic mass is 16.4. The van der Waals surface area contributed by atoms with Crippen LogP contribution in [0.25, 0.3) is 0 Å². The van der Waals surface area contributed by atoms with Crippen LogP contribution in [-0.2, 0) is 4.79 Å². The van der Waals surface area contributed by atoms with Crippen molar-refractivity contribution < 1.29 is 14.7 Å². The average Bonchev–Trinajstić information content (AvgIpc) is 2.48. The molecule has 0 aromatic carbocycles. The number of aryl methyl sites for hydroxylation is 1. The molecule has 8 nitrogen and oxygen atoms in total. The summed E-state index contributed by atoms with van der Waals surface area (Å²) in [5.74, 6) is -0.151. The molecule has 0 saturated carbocycles. The number of aromatic nitrogens is 2. The van der Waals surface area contributed by atoms with Crippen molar-refractivity contribution in [1.82, 2.24) is 20.2 Å². The monoisotopic (exact) mass is 293 g/mol. The summed E-state index contributed by atoms with van der Waals surface area (Å²) < 4.78 is 0. The number of carboxylic acids is 1. The van der Waals surface area contributed by atoms with Crippen LogP contribution >= 0.6 is 0 Å². The average molecular weight is 293 g/mol. The Kier molecular flexibility index (Phi) is 4.56. The van der Waals surface area contributed by atoms with Crippen LogP contribution in [0.2, 0.25) is 0 Å². The third-order valence-electron chi connectivity index (χ3n) is 3.57. The largest absolute Gasteiger partial charge is 0.480 e. The van der Waals surface area contributed by atoms with Gasteiger partial charge in [0, 0.05) is 37.4 Å². The highest BCUT2D eigenvalue weighted by Gasteiger charge is 2.23. The first-order valence-electron chi connectivity index (χ1n) is 6.76. The van der Waals surface area contributed by atoms with E-state index in [2.05, 4.69) is 20.2 Å². The standard InChI is InChI=1S/C13H19N5O3/c1-9-10(2)15-8-16-12(9)17-3-5-18(6-4-17)13(21)14-7-11(19)20/h8H,3-7H2,1-2H3,(H,14,21)(H,19,20). The molecule has 2 N–H and O–H groups in total. The molecule has 1 aliphatic heterocycles. The Morgan fingerprint density at radius 1 is 1.24 bits per heavy atom. The van der Waals surface area contributed by atoms with Gasteiger partial charge in [-0.3, -0.25) is 4.79 Å². The van der Waals surface area contributed by atoms with Gasteiger partial charge in [0.05, 0.1) is 0 Å². The van der Waals surface area contributed by atoms with Crippen molar-refractivity contribution in [2.24, 2.45) is 0 Å². The molecular formula is C13H19N5O3.